The van der Waals surface area contributed by atoms with Crippen molar-refractivity contribution in [3.05, 3.63) is 30.0 Å². The van der Waals surface area contributed by atoms with E-state index < -0.39 is 0 Å². The number of alkyl halides is 1. The van der Waals surface area contributed by atoms with Crippen molar-refractivity contribution in [3.8, 4) is 0 Å². The largest absolute Gasteiger partial charge is 0.357 e. The Balaban J connectivity index is 1.89. The van der Waals surface area contributed by atoms with Crippen molar-refractivity contribution in [2.75, 3.05) is 18.5 Å². The Morgan fingerprint density at radius 2 is 1.89 bits per heavy atom. The van der Waals surface area contributed by atoms with E-state index in [-0.39, 0.29) is 0 Å². The topological polar surface area (TPSA) is 29.0 Å². The van der Waals surface area contributed by atoms with Crippen LogP contribution in [0.3, 0.4) is 0 Å². The first kappa shape index (κ1) is 12.7. The summed E-state index contributed by atoms with van der Waals surface area (Å²) in [5.41, 5.74) is 0.984. The third-order valence-electron chi connectivity index (χ3n) is 3.92. The Kier molecular flexibility index (Phi) is 3.31. The lowest BCUT2D eigenvalue weighted by Crippen LogP contribution is -2.35. The van der Waals surface area contributed by atoms with E-state index in [1.54, 1.807) is 0 Å². The zero-order valence-electron chi connectivity index (χ0n) is 11.3. The van der Waals surface area contributed by atoms with Crippen LogP contribution < -0.4 is 4.90 Å². The summed E-state index contributed by atoms with van der Waals surface area (Å²) in [5, 5.41) is 11.4. The summed E-state index contributed by atoms with van der Waals surface area (Å²) in [5.74, 6) is 1.66. The average Bonchev–Trinajstić information content (AvgIpc) is 2.37. The molecule has 0 bridgehead atoms. The van der Waals surface area contributed by atoms with Crippen LogP contribution in [0.2, 0.25) is 0 Å². The summed E-state index contributed by atoms with van der Waals surface area (Å²) in [6.45, 7) is 3.01. The van der Waals surface area contributed by atoms with Gasteiger partial charge in [0.25, 0.3) is 0 Å². The molecule has 0 radical (unpaired) electrons. The lowest BCUT2D eigenvalue weighted by molar-refractivity contribution is 0.328. The van der Waals surface area contributed by atoms with Crippen molar-refractivity contribution >= 4 is 28.2 Å². The number of aromatic nitrogens is 2. The van der Waals surface area contributed by atoms with E-state index in [0.717, 1.165) is 30.9 Å². The number of hydrogen-bond acceptors (Lipinski definition) is 3. The molecule has 0 unspecified atom stereocenters. The summed E-state index contributed by atoms with van der Waals surface area (Å²) >= 11 is 6.04. The molecule has 1 aromatic heterocycles. The van der Waals surface area contributed by atoms with Crippen LogP contribution in [0, 0.1) is 12.8 Å². The van der Waals surface area contributed by atoms with E-state index in [9.17, 15) is 0 Å². The van der Waals surface area contributed by atoms with Crippen molar-refractivity contribution in [3.63, 3.8) is 0 Å². The molecule has 0 spiro atoms. The minimum atomic E-state index is 0.374. The second kappa shape index (κ2) is 4.97. The molecule has 2 aromatic rings. The van der Waals surface area contributed by atoms with Crippen LogP contribution in [0.15, 0.2) is 24.3 Å². The Hall–Kier alpha value is -1.35. The minimum absolute atomic E-state index is 0.374. The van der Waals surface area contributed by atoms with Gasteiger partial charge in [-0.25, -0.2) is 0 Å². The molecular formula is C15H18ClN3. The molecule has 1 aliphatic rings. The molecule has 100 valence electrons. The van der Waals surface area contributed by atoms with E-state index in [1.807, 2.05) is 13.0 Å². The van der Waals surface area contributed by atoms with Gasteiger partial charge < -0.3 is 4.90 Å². The van der Waals surface area contributed by atoms with Gasteiger partial charge in [0.05, 0.1) is 5.69 Å². The van der Waals surface area contributed by atoms with Crippen molar-refractivity contribution in [2.24, 2.45) is 5.92 Å². The second-order valence-electron chi connectivity index (χ2n) is 5.47. The number of aryl methyl sites for hydroxylation is 1. The lowest BCUT2D eigenvalue weighted by Gasteiger charge is -2.34. The predicted octanol–water partition coefficient (Wildman–Crippen LogP) is 3.39. The smallest absolute Gasteiger partial charge is 0.158 e. The maximum absolute atomic E-state index is 6.04. The lowest BCUT2D eigenvalue weighted by atomic mass is 9.84. The van der Waals surface area contributed by atoms with E-state index in [4.69, 9.17) is 11.6 Å². The highest BCUT2D eigenvalue weighted by molar-refractivity contribution is 6.21. The van der Waals surface area contributed by atoms with Gasteiger partial charge in [-0.2, -0.15) is 5.10 Å². The van der Waals surface area contributed by atoms with Crippen molar-refractivity contribution in [2.45, 2.75) is 25.1 Å². The van der Waals surface area contributed by atoms with Gasteiger partial charge in [0.2, 0.25) is 0 Å². The van der Waals surface area contributed by atoms with Gasteiger partial charge >= 0.3 is 0 Å². The van der Waals surface area contributed by atoms with Crippen LogP contribution in [0.5, 0.6) is 0 Å². The average molecular weight is 276 g/mol. The van der Waals surface area contributed by atoms with Gasteiger partial charge in [0.1, 0.15) is 0 Å². The van der Waals surface area contributed by atoms with Gasteiger partial charge in [0.15, 0.2) is 5.82 Å². The third kappa shape index (κ3) is 2.39. The molecule has 0 N–H and O–H groups in total. The Bertz CT molecular complexity index is 593. The first-order valence-corrected chi connectivity index (χ1v) is 7.16. The highest BCUT2D eigenvalue weighted by atomic mass is 35.5. The van der Waals surface area contributed by atoms with Crippen molar-refractivity contribution in [1.82, 2.24) is 10.2 Å². The fourth-order valence-corrected chi connectivity index (χ4v) is 3.29. The fourth-order valence-electron chi connectivity index (χ4n) is 2.78. The fraction of sp³-hybridized carbons (Fsp3) is 0.467. The van der Waals surface area contributed by atoms with E-state index in [1.165, 1.54) is 10.8 Å². The molecule has 3 rings (SSSR count). The first-order chi connectivity index (χ1) is 9.15. The normalized spacial score (nSPS) is 22.3. The highest BCUT2D eigenvalue weighted by Crippen LogP contribution is 2.34. The molecule has 3 nitrogen and oxygen atoms in total. The molecule has 1 saturated carbocycles. The monoisotopic (exact) mass is 275 g/mol. The van der Waals surface area contributed by atoms with Crippen LogP contribution in [0.1, 0.15) is 18.5 Å². The molecule has 0 saturated heterocycles. The van der Waals surface area contributed by atoms with Crippen LogP contribution in [0.25, 0.3) is 10.8 Å². The number of hydrogen-bond donors (Lipinski definition) is 0. The molecule has 1 heterocycles. The SMILES string of the molecule is Cc1nnc(N(C)CC2CC(Cl)C2)c2ccccc12. The summed E-state index contributed by atoms with van der Waals surface area (Å²) in [7, 11) is 2.09. The number of nitrogens with zero attached hydrogens (tertiary/aromatic N) is 3. The maximum Gasteiger partial charge on any atom is 0.158 e. The molecule has 19 heavy (non-hydrogen) atoms. The Morgan fingerprint density at radius 3 is 2.58 bits per heavy atom. The zero-order valence-corrected chi connectivity index (χ0v) is 12.1. The van der Waals surface area contributed by atoms with Crippen LogP contribution >= 0.6 is 11.6 Å². The molecule has 1 aromatic carbocycles. The number of halogens is 1. The van der Waals surface area contributed by atoms with Gasteiger partial charge in [-0.15, -0.1) is 16.7 Å². The minimum Gasteiger partial charge on any atom is -0.357 e. The number of benzene rings is 1. The molecular weight excluding hydrogens is 258 g/mol. The van der Waals surface area contributed by atoms with Crippen molar-refractivity contribution in [1.29, 1.82) is 0 Å². The zero-order chi connectivity index (χ0) is 13.4. The number of fused-ring (bicyclic) bond motifs is 1. The summed E-state index contributed by atoms with van der Waals surface area (Å²) in [6.07, 6.45) is 2.23. The molecule has 1 fully saturated rings. The summed E-state index contributed by atoms with van der Waals surface area (Å²) < 4.78 is 0. The van der Waals surface area contributed by atoms with E-state index >= 15 is 0 Å². The summed E-state index contributed by atoms with van der Waals surface area (Å²) in [6, 6.07) is 8.33. The van der Waals surface area contributed by atoms with Crippen LogP contribution in [-0.2, 0) is 0 Å². The number of anilines is 1. The molecule has 0 amide bonds. The Morgan fingerprint density at radius 1 is 1.21 bits per heavy atom. The quantitative estimate of drug-likeness (QED) is 0.804. The molecule has 1 aliphatic carbocycles. The van der Waals surface area contributed by atoms with E-state index in [0.29, 0.717) is 11.3 Å². The van der Waals surface area contributed by atoms with Crippen molar-refractivity contribution < 1.29 is 0 Å². The van der Waals surface area contributed by atoms with Gasteiger partial charge in [-0.05, 0) is 25.7 Å². The highest BCUT2D eigenvalue weighted by Gasteiger charge is 2.28. The first-order valence-electron chi connectivity index (χ1n) is 6.72. The molecule has 0 aliphatic heterocycles. The van der Waals surface area contributed by atoms with Gasteiger partial charge in [0, 0.05) is 29.7 Å². The Labute approximate surface area is 118 Å². The maximum atomic E-state index is 6.04. The summed E-state index contributed by atoms with van der Waals surface area (Å²) in [4.78, 5) is 2.21. The van der Waals surface area contributed by atoms with Crippen LogP contribution in [-0.4, -0.2) is 29.2 Å². The molecule has 4 heteroatoms. The van der Waals surface area contributed by atoms with Gasteiger partial charge in [-0.3, -0.25) is 0 Å². The van der Waals surface area contributed by atoms with Crippen LogP contribution in [0.4, 0.5) is 5.82 Å². The predicted molar refractivity (Wildman–Crippen MR) is 79.9 cm³/mol. The molecule has 0 atom stereocenters. The number of rotatable bonds is 3. The second-order valence-corrected chi connectivity index (χ2v) is 6.09. The standard InChI is InChI=1S/C15H18ClN3/c1-10-13-5-3-4-6-14(13)15(18-17-10)19(2)9-11-7-12(16)8-11/h3-6,11-12H,7-9H2,1-2H3. The third-order valence-corrected chi connectivity index (χ3v) is 4.28. The van der Waals surface area contributed by atoms with Gasteiger partial charge in [-0.1, -0.05) is 24.3 Å². The van der Waals surface area contributed by atoms with E-state index in [2.05, 4.69) is 40.3 Å².